The molecule has 0 bridgehead atoms. The van der Waals surface area contributed by atoms with Crippen molar-refractivity contribution in [1.82, 2.24) is 20.1 Å². The first-order valence-electron chi connectivity index (χ1n) is 12.3. The van der Waals surface area contributed by atoms with E-state index in [0.717, 1.165) is 74.7 Å². The van der Waals surface area contributed by atoms with Gasteiger partial charge in [-0.25, -0.2) is 0 Å². The van der Waals surface area contributed by atoms with Crippen LogP contribution in [0, 0.1) is 0 Å². The highest BCUT2D eigenvalue weighted by atomic mass is 16.4. The Morgan fingerprint density at radius 2 is 1.80 bits per heavy atom. The van der Waals surface area contributed by atoms with Gasteiger partial charge >= 0.3 is 0 Å². The molecule has 2 saturated heterocycles. The van der Waals surface area contributed by atoms with Crippen molar-refractivity contribution in [3.63, 3.8) is 0 Å². The zero-order chi connectivity index (χ0) is 23.8. The van der Waals surface area contributed by atoms with E-state index < -0.39 is 6.23 Å². The summed E-state index contributed by atoms with van der Waals surface area (Å²) in [5, 5.41) is 21.1. The maximum Gasteiger partial charge on any atom is 0.298 e. The van der Waals surface area contributed by atoms with E-state index in [9.17, 15) is 5.11 Å². The molecule has 10 heteroatoms. The Kier molecular flexibility index (Phi) is 5.83. The molecule has 2 aliphatic heterocycles. The van der Waals surface area contributed by atoms with Crippen LogP contribution < -0.4 is 15.1 Å². The summed E-state index contributed by atoms with van der Waals surface area (Å²) >= 11 is 0. The standard InChI is InChI=1S/C25H31N7O3/c1-30-11-13-32(14-12-30)25-28-19-15-20(31-9-3-2-4-10-31)18(16-23(19)35-25)27-24(33)22-6-5-21(34-22)17-7-8-26-29-17/h5-8,15-16,24,27,33H,2-4,9-14H2,1H3,(H,26,29). The van der Waals surface area contributed by atoms with Gasteiger partial charge in [-0.15, -0.1) is 0 Å². The van der Waals surface area contributed by atoms with Crippen molar-refractivity contribution >= 4 is 28.5 Å². The van der Waals surface area contributed by atoms with Crippen LogP contribution in [0.15, 0.2) is 45.4 Å². The molecular formula is C25H31N7O3. The Morgan fingerprint density at radius 1 is 0.971 bits per heavy atom. The summed E-state index contributed by atoms with van der Waals surface area (Å²) in [4.78, 5) is 11.7. The van der Waals surface area contributed by atoms with Crippen molar-refractivity contribution in [3.8, 4) is 11.5 Å². The Bertz CT molecular complexity index is 1270. The fraction of sp³-hybridized carbons (Fsp3) is 0.440. The highest BCUT2D eigenvalue weighted by Crippen LogP contribution is 2.37. The first-order chi connectivity index (χ1) is 17.1. The number of furan rings is 1. The van der Waals surface area contributed by atoms with E-state index >= 15 is 0 Å². The van der Waals surface area contributed by atoms with E-state index in [1.165, 1.54) is 6.42 Å². The third kappa shape index (κ3) is 4.46. The fourth-order valence-electron chi connectivity index (χ4n) is 4.85. The number of aromatic amines is 1. The number of aromatic nitrogens is 3. The monoisotopic (exact) mass is 477 g/mol. The zero-order valence-electron chi connectivity index (χ0n) is 19.9. The molecule has 5 heterocycles. The molecule has 1 atom stereocenters. The maximum atomic E-state index is 11.0. The summed E-state index contributed by atoms with van der Waals surface area (Å²) in [6.07, 6.45) is 4.19. The summed E-state index contributed by atoms with van der Waals surface area (Å²) in [7, 11) is 2.13. The Hall–Kier alpha value is -3.50. The van der Waals surface area contributed by atoms with E-state index in [2.05, 4.69) is 43.3 Å². The molecule has 3 aromatic heterocycles. The minimum absolute atomic E-state index is 0.426. The zero-order valence-corrected chi connectivity index (χ0v) is 19.9. The summed E-state index contributed by atoms with van der Waals surface area (Å²) in [5.41, 5.74) is 4.12. The predicted molar refractivity (Wildman–Crippen MR) is 135 cm³/mol. The lowest BCUT2D eigenvalue weighted by atomic mass is 10.1. The summed E-state index contributed by atoms with van der Waals surface area (Å²) < 4.78 is 12.1. The third-order valence-electron chi connectivity index (χ3n) is 6.92. The Morgan fingerprint density at radius 3 is 2.57 bits per heavy atom. The van der Waals surface area contributed by atoms with Gasteiger partial charge in [0.2, 0.25) is 0 Å². The first kappa shape index (κ1) is 22.0. The summed E-state index contributed by atoms with van der Waals surface area (Å²) in [6.45, 7) is 5.71. The molecule has 0 aliphatic carbocycles. The van der Waals surface area contributed by atoms with E-state index in [4.69, 9.17) is 13.8 Å². The van der Waals surface area contributed by atoms with Crippen molar-refractivity contribution in [3.05, 3.63) is 42.3 Å². The number of benzene rings is 1. The van der Waals surface area contributed by atoms with Gasteiger partial charge in [-0.05, 0) is 50.6 Å². The smallest absolute Gasteiger partial charge is 0.298 e. The SMILES string of the molecule is CN1CCN(c2nc3cc(N4CCCCC4)c(NC(O)c4ccc(-c5ccn[nH]5)o4)cc3o2)CC1. The second-order valence-corrected chi connectivity index (χ2v) is 9.39. The van der Waals surface area contributed by atoms with Crippen molar-refractivity contribution in [2.75, 3.05) is 61.4 Å². The lowest BCUT2D eigenvalue weighted by Crippen LogP contribution is -2.44. The Labute approximate surface area is 203 Å². The fourth-order valence-corrected chi connectivity index (χ4v) is 4.85. The van der Waals surface area contributed by atoms with Crippen LogP contribution in [-0.2, 0) is 0 Å². The van der Waals surface area contributed by atoms with Crippen LogP contribution in [0.3, 0.4) is 0 Å². The van der Waals surface area contributed by atoms with Crippen LogP contribution in [0.25, 0.3) is 22.6 Å². The largest absolute Gasteiger partial charge is 0.455 e. The predicted octanol–water partition coefficient (Wildman–Crippen LogP) is 3.66. The number of nitrogens with zero attached hydrogens (tertiary/aromatic N) is 5. The van der Waals surface area contributed by atoms with Gasteiger partial charge in [0.1, 0.15) is 11.2 Å². The van der Waals surface area contributed by atoms with Crippen LogP contribution >= 0.6 is 0 Å². The second kappa shape index (κ2) is 9.27. The van der Waals surface area contributed by atoms with Gasteiger partial charge in [0, 0.05) is 51.5 Å². The molecule has 0 saturated carbocycles. The van der Waals surface area contributed by atoms with Gasteiger partial charge in [-0.1, -0.05) is 0 Å². The molecule has 2 aliphatic rings. The molecule has 3 N–H and O–H groups in total. The summed E-state index contributed by atoms with van der Waals surface area (Å²) in [6, 6.07) is 10.1. The second-order valence-electron chi connectivity index (χ2n) is 9.39. The molecule has 6 rings (SSSR count). The number of fused-ring (bicyclic) bond motifs is 1. The number of anilines is 3. The molecule has 35 heavy (non-hydrogen) atoms. The molecule has 4 aromatic rings. The van der Waals surface area contributed by atoms with E-state index in [1.807, 2.05) is 18.2 Å². The lowest BCUT2D eigenvalue weighted by Gasteiger charge is -2.31. The lowest BCUT2D eigenvalue weighted by molar-refractivity contribution is 0.179. The van der Waals surface area contributed by atoms with E-state index in [-0.39, 0.29) is 0 Å². The van der Waals surface area contributed by atoms with Crippen LogP contribution in [0.5, 0.6) is 0 Å². The van der Waals surface area contributed by atoms with Gasteiger partial charge in [-0.3, -0.25) is 5.10 Å². The normalized spacial score (nSPS) is 18.3. The number of hydrogen-bond acceptors (Lipinski definition) is 9. The molecule has 0 radical (unpaired) electrons. The quantitative estimate of drug-likeness (QED) is 0.358. The minimum atomic E-state index is -1.02. The number of oxazole rings is 1. The van der Waals surface area contributed by atoms with Gasteiger partial charge in [0.05, 0.1) is 11.4 Å². The average Bonchev–Trinajstić information content (AvgIpc) is 3.65. The topological polar surface area (TPSA) is 110 Å². The average molecular weight is 478 g/mol. The number of H-pyrrole nitrogens is 1. The molecule has 1 unspecified atom stereocenters. The van der Waals surface area contributed by atoms with Gasteiger partial charge in [0.25, 0.3) is 6.01 Å². The van der Waals surface area contributed by atoms with Crippen LogP contribution in [-0.4, -0.2) is 71.5 Å². The Balaban J connectivity index is 1.31. The molecular weight excluding hydrogens is 446 g/mol. The maximum absolute atomic E-state index is 11.0. The van der Waals surface area contributed by atoms with Gasteiger partial charge in [0.15, 0.2) is 23.3 Å². The molecule has 1 aromatic carbocycles. The molecule has 0 amide bonds. The van der Waals surface area contributed by atoms with Crippen molar-refractivity contribution in [2.45, 2.75) is 25.5 Å². The minimum Gasteiger partial charge on any atom is -0.455 e. The summed E-state index contributed by atoms with van der Waals surface area (Å²) in [5.74, 6) is 1.05. The van der Waals surface area contributed by atoms with Gasteiger partial charge in [-0.2, -0.15) is 10.1 Å². The first-order valence-corrected chi connectivity index (χ1v) is 12.3. The number of aliphatic hydroxyl groups is 1. The highest BCUT2D eigenvalue weighted by Gasteiger charge is 2.23. The van der Waals surface area contributed by atoms with E-state index in [0.29, 0.717) is 23.1 Å². The number of rotatable bonds is 6. The number of piperidine rings is 1. The van der Waals surface area contributed by atoms with Crippen LogP contribution in [0.1, 0.15) is 31.3 Å². The molecule has 2 fully saturated rings. The molecule has 184 valence electrons. The molecule has 0 spiro atoms. The van der Waals surface area contributed by atoms with Crippen molar-refractivity contribution in [2.24, 2.45) is 0 Å². The number of hydrogen-bond donors (Lipinski definition) is 3. The van der Waals surface area contributed by atoms with Crippen LogP contribution in [0.2, 0.25) is 0 Å². The number of piperazine rings is 1. The number of aliphatic hydroxyl groups excluding tert-OH is 1. The number of likely N-dealkylation sites (N-methyl/N-ethyl adjacent to an activating group) is 1. The molecule has 10 nitrogen and oxygen atoms in total. The van der Waals surface area contributed by atoms with Gasteiger partial charge < -0.3 is 34.0 Å². The van der Waals surface area contributed by atoms with Crippen molar-refractivity contribution in [1.29, 1.82) is 0 Å². The number of nitrogens with one attached hydrogen (secondary N) is 2. The highest BCUT2D eigenvalue weighted by molar-refractivity contribution is 5.88. The van der Waals surface area contributed by atoms with E-state index in [1.54, 1.807) is 12.3 Å². The third-order valence-corrected chi connectivity index (χ3v) is 6.92. The van der Waals surface area contributed by atoms with Crippen molar-refractivity contribution < 1.29 is 13.9 Å². The van der Waals surface area contributed by atoms with Crippen LogP contribution in [0.4, 0.5) is 17.4 Å².